The summed E-state index contributed by atoms with van der Waals surface area (Å²) < 4.78 is 43.2. The number of nitro benzene ring substituents is 1. The number of ketones is 1. The van der Waals surface area contributed by atoms with Gasteiger partial charge in [-0.05, 0) is 37.8 Å². The molecule has 162 valence electrons. The van der Waals surface area contributed by atoms with Crippen LogP contribution in [0.5, 0.6) is 0 Å². The number of hydrogen-bond acceptors (Lipinski definition) is 6. The average molecular weight is 428 g/mol. The zero-order valence-corrected chi connectivity index (χ0v) is 15.7. The van der Waals surface area contributed by atoms with E-state index in [4.69, 9.17) is 4.74 Å². The SMILES string of the molecule is O=C(COC(=O)C1C[C@H]2CCC[C@@H](C1)C2=O)Nc1ccc(C(F)(F)F)cc1[N+](=O)[O-]. The van der Waals surface area contributed by atoms with Crippen molar-refractivity contribution in [3.63, 3.8) is 0 Å². The van der Waals surface area contributed by atoms with Crippen LogP contribution in [-0.2, 0) is 25.3 Å². The molecule has 8 nitrogen and oxygen atoms in total. The molecular formula is C19H19F3N2O6. The van der Waals surface area contributed by atoms with Crippen LogP contribution in [0.15, 0.2) is 18.2 Å². The molecule has 2 fully saturated rings. The Morgan fingerprint density at radius 1 is 1.20 bits per heavy atom. The van der Waals surface area contributed by atoms with Gasteiger partial charge in [0.05, 0.1) is 16.4 Å². The van der Waals surface area contributed by atoms with Crippen molar-refractivity contribution in [2.45, 2.75) is 38.3 Å². The maximum absolute atomic E-state index is 12.7. The number of nitrogens with one attached hydrogen (secondary N) is 1. The van der Waals surface area contributed by atoms with Crippen LogP contribution in [0, 0.1) is 27.9 Å². The first-order valence-corrected chi connectivity index (χ1v) is 9.42. The van der Waals surface area contributed by atoms with Crippen molar-refractivity contribution in [3.8, 4) is 0 Å². The van der Waals surface area contributed by atoms with Crippen LogP contribution in [-0.4, -0.2) is 29.2 Å². The predicted molar refractivity (Wildman–Crippen MR) is 96.2 cm³/mol. The van der Waals surface area contributed by atoms with Crippen LogP contribution in [0.4, 0.5) is 24.5 Å². The Hall–Kier alpha value is -2.98. The molecule has 30 heavy (non-hydrogen) atoms. The lowest BCUT2D eigenvalue weighted by Crippen LogP contribution is -2.40. The molecule has 2 bridgehead atoms. The minimum absolute atomic E-state index is 0.168. The molecule has 3 rings (SSSR count). The van der Waals surface area contributed by atoms with Crippen LogP contribution in [0.1, 0.15) is 37.7 Å². The van der Waals surface area contributed by atoms with E-state index in [1.165, 1.54) is 0 Å². The summed E-state index contributed by atoms with van der Waals surface area (Å²) >= 11 is 0. The van der Waals surface area contributed by atoms with E-state index in [1.807, 2.05) is 0 Å². The molecule has 3 atom stereocenters. The Labute approximate surface area is 168 Å². The summed E-state index contributed by atoms with van der Waals surface area (Å²) in [7, 11) is 0. The van der Waals surface area contributed by atoms with E-state index in [9.17, 15) is 37.7 Å². The van der Waals surface area contributed by atoms with Gasteiger partial charge in [0.25, 0.3) is 11.6 Å². The lowest BCUT2D eigenvalue weighted by molar-refractivity contribution is -0.384. The number of ether oxygens (including phenoxy) is 1. The van der Waals surface area contributed by atoms with E-state index in [1.54, 1.807) is 0 Å². The van der Waals surface area contributed by atoms with Gasteiger partial charge in [0.1, 0.15) is 11.5 Å². The number of Topliss-reactive ketones (excluding diaryl/α,β-unsaturated/α-hetero) is 1. The number of rotatable bonds is 5. The summed E-state index contributed by atoms with van der Waals surface area (Å²) in [4.78, 5) is 46.4. The number of halogens is 3. The Morgan fingerprint density at radius 3 is 2.40 bits per heavy atom. The van der Waals surface area contributed by atoms with Crippen molar-refractivity contribution in [1.82, 2.24) is 0 Å². The van der Waals surface area contributed by atoms with Crippen molar-refractivity contribution >= 4 is 29.0 Å². The van der Waals surface area contributed by atoms with Gasteiger partial charge in [-0.3, -0.25) is 24.5 Å². The van der Waals surface area contributed by atoms with Gasteiger partial charge in [-0.1, -0.05) is 6.42 Å². The van der Waals surface area contributed by atoms with Gasteiger partial charge in [0, 0.05) is 17.9 Å². The Morgan fingerprint density at radius 2 is 1.83 bits per heavy atom. The van der Waals surface area contributed by atoms with Gasteiger partial charge in [-0.2, -0.15) is 13.2 Å². The fraction of sp³-hybridized carbons (Fsp3) is 0.526. The number of hydrogen-bond donors (Lipinski definition) is 1. The topological polar surface area (TPSA) is 116 Å². The molecular weight excluding hydrogens is 409 g/mol. The van der Waals surface area contributed by atoms with Crippen molar-refractivity contribution in [1.29, 1.82) is 0 Å². The van der Waals surface area contributed by atoms with Crippen molar-refractivity contribution in [3.05, 3.63) is 33.9 Å². The van der Waals surface area contributed by atoms with Crippen LogP contribution >= 0.6 is 0 Å². The highest BCUT2D eigenvalue weighted by molar-refractivity contribution is 5.95. The quantitative estimate of drug-likeness (QED) is 0.436. The average Bonchev–Trinajstić information content (AvgIpc) is 2.65. The fourth-order valence-electron chi connectivity index (χ4n) is 4.08. The van der Waals surface area contributed by atoms with E-state index in [-0.39, 0.29) is 17.6 Å². The molecule has 2 saturated carbocycles. The lowest BCUT2D eigenvalue weighted by Gasteiger charge is -2.36. The molecule has 11 heteroatoms. The predicted octanol–water partition coefficient (Wildman–Crippen LogP) is 3.49. The van der Waals surface area contributed by atoms with E-state index < -0.39 is 52.4 Å². The van der Waals surface area contributed by atoms with Crippen LogP contribution in [0.3, 0.4) is 0 Å². The highest BCUT2D eigenvalue weighted by Crippen LogP contribution is 2.40. The van der Waals surface area contributed by atoms with Gasteiger partial charge in [-0.25, -0.2) is 0 Å². The van der Waals surface area contributed by atoms with Crippen LogP contribution < -0.4 is 5.32 Å². The second-order valence-corrected chi connectivity index (χ2v) is 7.54. The minimum Gasteiger partial charge on any atom is -0.455 e. The molecule has 0 spiro atoms. The van der Waals surface area contributed by atoms with E-state index >= 15 is 0 Å². The first kappa shape index (κ1) is 21.7. The maximum Gasteiger partial charge on any atom is 0.416 e. The third kappa shape index (κ3) is 4.77. The number of nitro groups is 1. The molecule has 0 radical (unpaired) electrons. The Kier molecular flexibility index (Phi) is 6.09. The smallest absolute Gasteiger partial charge is 0.416 e. The zero-order valence-electron chi connectivity index (χ0n) is 15.7. The number of nitrogens with zero attached hydrogens (tertiary/aromatic N) is 1. The molecule has 1 unspecified atom stereocenters. The number of amides is 1. The summed E-state index contributed by atoms with van der Waals surface area (Å²) in [5, 5.41) is 13.1. The number of esters is 1. The number of benzene rings is 1. The van der Waals surface area contributed by atoms with E-state index in [0.29, 0.717) is 25.0 Å². The lowest BCUT2D eigenvalue weighted by atomic mass is 9.67. The highest BCUT2D eigenvalue weighted by atomic mass is 19.4. The van der Waals surface area contributed by atoms with Crippen LogP contribution in [0.25, 0.3) is 0 Å². The van der Waals surface area contributed by atoms with Crippen molar-refractivity contribution in [2.75, 3.05) is 11.9 Å². The molecule has 0 heterocycles. The number of anilines is 1. The summed E-state index contributed by atoms with van der Waals surface area (Å²) in [6, 6.07) is 1.69. The van der Waals surface area contributed by atoms with E-state index in [0.717, 1.165) is 25.3 Å². The molecule has 0 aliphatic heterocycles. The van der Waals surface area contributed by atoms with Gasteiger partial charge in [0.15, 0.2) is 6.61 Å². The van der Waals surface area contributed by atoms with Crippen molar-refractivity contribution in [2.24, 2.45) is 17.8 Å². The third-order valence-corrected chi connectivity index (χ3v) is 5.52. The maximum atomic E-state index is 12.7. The largest absolute Gasteiger partial charge is 0.455 e. The third-order valence-electron chi connectivity index (χ3n) is 5.52. The molecule has 1 aromatic carbocycles. The molecule has 1 amide bonds. The molecule has 1 N–H and O–H groups in total. The highest BCUT2D eigenvalue weighted by Gasteiger charge is 2.42. The Bertz CT molecular complexity index is 870. The number of alkyl halides is 3. The Balaban J connectivity index is 1.59. The summed E-state index contributed by atoms with van der Waals surface area (Å²) in [6.45, 7) is -0.739. The normalized spacial score (nSPS) is 23.6. The fourth-order valence-corrected chi connectivity index (χ4v) is 4.08. The second-order valence-electron chi connectivity index (χ2n) is 7.54. The molecule has 0 aromatic heterocycles. The number of carbonyl (C=O) groups is 3. The van der Waals surface area contributed by atoms with E-state index in [2.05, 4.69) is 5.32 Å². The molecule has 0 saturated heterocycles. The first-order valence-electron chi connectivity index (χ1n) is 9.42. The standard InChI is InChI=1S/C19H19F3N2O6/c20-19(21,22)13-4-5-14(15(8-13)24(28)29)23-16(25)9-30-18(27)12-6-10-2-1-3-11(7-12)17(10)26/h4-5,8,10-12H,1-3,6-7,9H2,(H,23,25)/t10-,11+,12?. The molecule has 2 aliphatic rings. The van der Waals surface area contributed by atoms with Crippen LogP contribution in [0.2, 0.25) is 0 Å². The number of fused-ring (bicyclic) bond motifs is 2. The van der Waals surface area contributed by atoms with Gasteiger partial charge in [0.2, 0.25) is 0 Å². The summed E-state index contributed by atoms with van der Waals surface area (Å²) in [5.74, 6) is -2.20. The second kappa shape index (κ2) is 8.41. The molecule has 1 aromatic rings. The van der Waals surface area contributed by atoms with Gasteiger partial charge in [-0.15, -0.1) is 0 Å². The summed E-state index contributed by atoms with van der Waals surface area (Å²) in [6.07, 6.45) is -1.62. The first-order chi connectivity index (χ1) is 14.1. The monoisotopic (exact) mass is 428 g/mol. The van der Waals surface area contributed by atoms with Gasteiger partial charge < -0.3 is 10.1 Å². The molecule has 2 aliphatic carbocycles. The minimum atomic E-state index is -4.78. The van der Waals surface area contributed by atoms with Crippen molar-refractivity contribution < 1.29 is 37.2 Å². The zero-order chi connectivity index (χ0) is 22.1. The number of carbonyl (C=O) groups excluding carboxylic acids is 3. The van der Waals surface area contributed by atoms with Gasteiger partial charge >= 0.3 is 12.1 Å². The summed E-state index contributed by atoms with van der Waals surface area (Å²) in [5.41, 5.74) is -2.59.